The standard InChI is InChI=1S/C13H13N3O4/c1-6-11(7(2)16-15-6)12(18)14-9-5-8(13(19)20)3-4-10(9)17/h3-5,17H,1-2H3,(H,14,18)(H,15,16)(H,19,20). The number of carboxylic acid groups (broad SMARTS) is 1. The second-order valence-corrected chi connectivity index (χ2v) is 4.30. The van der Waals surface area contributed by atoms with Crippen LogP contribution in [-0.4, -0.2) is 32.3 Å². The summed E-state index contributed by atoms with van der Waals surface area (Å²) < 4.78 is 0. The van der Waals surface area contributed by atoms with Gasteiger partial charge in [0.2, 0.25) is 0 Å². The molecule has 0 spiro atoms. The molecule has 1 amide bonds. The lowest BCUT2D eigenvalue weighted by Gasteiger charge is -2.08. The van der Waals surface area contributed by atoms with Crippen LogP contribution in [0.4, 0.5) is 5.69 Å². The SMILES string of the molecule is Cc1n[nH]c(C)c1C(=O)Nc1cc(C(=O)O)ccc1O. The number of phenols is 1. The monoisotopic (exact) mass is 275 g/mol. The van der Waals surface area contributed by atoms with Crippen molar-refractivity contribution in [3.05, 3.63) is 40.7 Å². The number of rotatable bonds is 3. The lowest BCUT2D eigenvalue weighted by molar-refractivity contribution is 0.0696. The van der Waals surface area contributed by atoms with Gasteiger partial charge in [0, 0.05) is 5.69 Å². The summed E-state index contributed by atoms with van der Waals surface area (Å²) in [5.41, 5.74) is 1.49. The number of aromatic nitrogens is 2. The minimum atomic E-state index is -1.14. The van der Waals surface area contributed by atoms with Crippen LogP contribution in [0.25, 0.3) is 0 Å². The van der Waals surface area contributed by atoms with Crippen LogP contribution in [0.15, 0.2) is 18.2 Å². The molecule has 4 N–H and O–H groups in total. The quantitative estimate of drug-likeness (QED) is 0.636. The van der Waals surface area contributed by atoms with E-state index in [1.54, 1.807) is 13.8 Å². The number of aromatic carboxylic acids is 1. The Morgan fingerprint density at radius 3 is 2.55 bits per heavy atom. The largest absolute Gasteiger partial charge is 0.506 e. The number of aromatic hydroxyl groups is 1. The molecule has 0 aliphatic carbocycles. The summed E-state index contributed by atoms with van der Waals surface area (Å²) in [6.07, 6.45) is 0. The maximum Gasteiger partial charge on any atom is 0.335 e. The Morgan fingerprint density at radius 2 is 2.00 bits per heavy atom. The van der Waals surface area contributed by atoms with E-state index in [-0.39, 0.29) is 17.0 Å². The molecular formula is C13H13N3O4. The van der Waals surface area contributed by atoms with Crippen molar-refractivity contribution in [1.29, 1.82) is 0 Å². The Balaban J connectivity index is 2.33. The van der Waals surface area contributed by atoms with E-state index in [4.69, 9.17) is 5.11 Å². The molecule has 1 aromatic heterocycles. The van der Waals surface area contributed by atoms with Crippen molar-refractivity contribution >= 4 is 17.6 Å². The zero-order chi connectivity index (χ0) is 14.9. The molecule has 2 aromatic rings. The molecule has 0 aliphatic heterocycles. The van der Waals surface area contributed by atoms with Gasteiger partial charge < -0.3 is 15.5 Å². The molecule has 0 saturated heterocycles. The molecule has 0 fully saturated rings. The van der Waals surface area contributed by atoms with Gasteiger partial charge in [-0.3, -0.25) is 9.89 Å². The fourth-order valence-electron chi connectivity index (χ4n) is 1.84. The molecule has 2 rings (SSSR count). The summed E-state index contributed by atoms with van der Waals surface area (Å²) in [4.78, 5) is 23.0. The predicted octanol–water partition coefficient (Wildman–Crippen LogP) is 1.68. The highest BCUT2D eigenvalue weighted by molar-refractivity contribution is 6.07. The Morgan fingerprint density at radius 1 is 1.30 bits per heavy atom. The van der Waals surface area contributed by atoms with Gasteiger partial charge in [-0.15, -0.1) is 0 Å². The van der Waals surface area contributed by atoms with E-state index >= 15 is 0 Å². The van der Waals surface area contributed by atoms with Crippen LogP contribution >= 0.6 is 0 Å². The van der Waals surface area contributed by atoms with Crippen molar-refractivity contribution in [2.24, 2.45) is 0 Å². The molecule has 0 atom stereocenters. The van der Waals surface area contributed by atoms with Crippen molar-refractivity contribution in [2.45, 2.75) is 13.8 Å². The summed E-state index contributed by atoms with van der Waals surface area (Å²) in [5.74, 6) is -1.81. The van der Waals surface area contributed by atoms with Gasteiger partial charge in [-0.2, -0.15) is 5.10 Å². The summed E-state index contributed by atoms with van der Waals surface area (Å²) in [6.45, 7) is 3.37. The van der Waals surface area contributed by atoms with E-state index in [9.17, 15) is 14.7 Å². The van der Waals surface area contributed by atoms with Gasteiger partial charge in [-0.25, -0.2) is 4.79 Å². The molecule has 0 saturated carbocycles. The molecule has 0 bridgehead atoms. The molecule has 1 heterocycles. The number of hydrogen-bond acceptors (Lipinski definition) is 4. The summed E-state index contributed by atoms with van der Waals surface area (Å²) in [5, 5.41) is 27.6. The van der Waals surface area contributed by atoms with Crippen LogP contribution in [-0.2, 0) is 0 Å². The van der Waals surface area contributed by atoms with Gasteiger partial charge >= 0.3 is 5.97 Å². The number of phenolic OH excluding ortho intramolecular Hbond substituents is 1. The molecule has 7 nitrogen and oxygen atoms in total. The summed E-state index contributed by atoms with van der Waals surface area (Å²) in [6, 6.07) is 3.66. The van der Waals surface area contributed by atoms with Gasteiger partial charge in [-0.1, -0.05) is 0 Å². The van der Waals surface area contributed by atoms with Gasteiger partial charge in [0.25, 0.3) is 5.91 Å². The van der Waals surface area contributed by atoms with Gasteiger partial charge in [0.05, 0.1) is 22.5 Å². The zero-order valence-electron chi connectivity index (χ0n) is 10.9. The number of benzene rings is 1. The number of nitrogens with zero attached hydrogens (tertiary/aromatic N) is 1. The van der Waals surface area contributed by atoms with Crippen LogP contribution in [0.1, 0.15) is 32.1 Å². The molecule has 7 heteroatoms. The molecular weight excluding hydrogens is 262 g/mol. The maximum absolute atomic E-state index is 12.1. The third kappa shape index (κ3) is 2.46. The van der Waals surface area contributed by atoms with Crippen molar-refractivity contribution in [3.8, 4) is 5.75 Å². The predicted molar refractivity (Wildman–Crippen MR) is 71.1 cm³/mol. The lowest BCUT2D eigenvalue weighted by Crippen LogP contribution is -2.14. The van der Waals surface area contributed by atoms with Crippen molar-refractivity contribution < 1.29 is 19.8 Å². The summed E-state index contributed by atoms with van der Waals surface area (Å²) >= 11 is 0. The van der Waals surface area contributed by atoms with Crippen molar-refractivity contribution in [1.82, 2.24) is 10.2 Å². The number of carbonyl (C=O) groups excluding carboxylic acids is 1. The number of aryl methyl sites for hydroxylation is 2. The fourth-order valence-corrected chi connectivity index (χ4v) is 1.84. The molecule has 20 heavy (non-hydrogen) atoms. The number of hydrogen-bond donors (Lipinski definition) is 4. The number of H-pyrrole nitrogens is 1. The van der Waals surface area contributed by atoms with Crippen molar-refractivity contribution in [2.75, 3.05) is 5.32 Å². The first-order chi connectivity index (χ1) is 9.40. The van der Waals surface area contributed by atoms with Crippen molar-refractivity contribution in [3.63, 3.8) is 0 Å². The van der Waals surface area contributed by atoms with Crippen LogP contribution in [0, 0.1) is 13.8 Å². The number of aromatic amines is 1. The number of anilines is 1. The summed E-state index contributed by atoms with van der Waals surface area (Å²) in [7, 11) is 0. The van der Waals surface area contributed by atoms with E-state index in [0.29, 0.717) is 17.0 Å². The number of carboxylic acids is 1. The molecule has 0 unspecified atom stereocenters. The first kappa shape index (κ1) is 13.6. The Kier molecular flexibility index (Phi) is 3.43. The van der Waals surface area contributed by atoms with Crippen LogP contribution in [0.5, 0.6) is 5.75 Å². The van der Waals surface area contributed by atoms with Gasteiger partial charge in [0.1, 0.15) is 5.75 Å². The molecule has 0 aliphatic rings. The first-order valence-corrected chi connectivity index (χ1v) is 5.79. The Labute approximate surface area is 114 Å². The number of amides is 1. The third-order valence-electron chi connectivity index (χ3n) is 2.85. The van der Waals surface area contributed by atoms with E-state index < -0.39 is 11.9 Å². The Bertz CT molecular complexity index is 671. The number of carbonyl (C=O) groups is 2. The highest BCUT2D eigenvalue weighted by Crippen LogP contribution is 2.25. The Hall–Kier alpha value is -2.83. The zero-order valence-corrected chi connectivity index (χ0v) is 10.9. The molecule has 1 aromatic carbocycles. The average Bonchev–Trinajstić information content (AvgIpc) is 2.71. The number of nitrogens with one attached hydrogen (secondary N) is 2. The first-order valence-electron chi connectivity index (χ1n) is 5.79. The van der Waals surface area contributed by atoms with E-state index in [2.05, 4.69) is 15.5 Å². The molecule has 104 valence electrons. The average molecular weight is 275 g/mol. The maximum atomic E-state index is 12.1. The lowest BCUT2D eigenvalue weighted by atomic mass is 10.1. The van der Waals surface area contributed by atoms with Crippen LogP contribution < -0.4 is 5.32 Å². The normalized spacial score (nSPS) is 10.3. The minimum absolute atomic E-state index is 0.0289. The second-order valence-electron chi connectivity index (χ2n) is 4.30. The fraction of sp³-hybridized carbons (Fsp3) is 0.154. The smallest absolute Gasteiger partial charge is 0.335 e. The highest BCUT2D eigenvalue weighted by atomic mass is 16.4. The highest BCUT2D eigenvalue weighted by Gasteiger charge is 2.17. The van der Waals surface area contributed by atoms with E-state index in [1.165, 1.54) is 18.2 Å². The second kappa shape index (κ2) is 5.04. The van der Waals surface area contributed by atoms with Crippen LogP contribution in [0.3, 0.4) is 0 Å². The third-order valence-corrected chi connectivity index (χ3v) is 2.85. The van der Waals surface area contributed by atoms with Crippen LogP contribution in [0.2, 0.25) is 0 Å². The topological polar surface area (TPSA) is 115 Å². The van der Waals surface area contributed by atoms with Gasteiger partial charge in [0.15, 0.2) is 0 Å². The van der Waals surface area contributed by atoms with E-state index in [0.717, 1.165) is 0 Å². The van der Waals surface area contributed by atoms with Gasteiger partial charge in [-0.05, 0) is 32.0 Å². The molecule has 0 radical (unpaired) electrons. The van der Waals surface area contributed by atoms with E-state index in [1.807, 2.05) is 0 Å². The minimum Gasteiger partial charge on any atom is -0.506 e.